The topological polar surface area (TPSA) is 52.6 Å². The number of nitrogens with zero attached hydrogens (tertiary/aromatic N) is 1. The van der Waals surface area contributed by atoms with Gasteiger partial charge in [0.05, 0.1) is 19.2 Å². The number of aliphatic hydroxyl groups is 1. The van der Waals surface area contributed by atoms with E-state index in [1.807, 2.05) is 12.1 Å². The molecule has 1 amide bonds. The second-order valence-electron chi connectivity index (χ2n) is 6.17. The number of hydrogen-bond acceptors (Lipinski definition) is 3. The van der Waals surface area contributed by atoms with Crippen LogP contribution in [0.25, 0.3) is 0 Å². The summed E-state index contributed by atoms with van der Waals surface area (Å²) in [6.45, 7) is 1.28. The van der Waals surface area contributed by atoms with Crippen molar-refractivity contribution < 1.29 is 9.90 Å². The van der Waals surface area contributed by atoms with E-state index in [0.717, 1.165) is 25.8 Å². The predicted molar refractivity (Wildman–Crippen MR) is 81.9 cm³/mol. The summed E-state index contributed by atoms with van der Waals surface area (Å²) in [7, 11) is 0. The van der Waals surface area contributed by atoms with Crippen molar-refractivity contribution >= 4 is 5.91 Å². The lowest BCUT2D eigenvalue weighted by Gasteiger charge is -2.36. The Balaban J connectivity index is 1.64. The van der Waals surface area contributed by atoms with Gasteiger partial charge in [-0.1, -0.05) is 37.1 Å². The zero-order chi connectivity index (χ0) is 14.7. The van der Waals surface area contributed by atoms with Gasteiger partial charge in [-0.05, 0) is 30.4 Å². The Morgan fingerprint density at radius 3 is 2.81 bits per heavy atom. The van der Waals surface area contributed by atoms with Gasteiger partial charge in [0.2, 0.25) is 5.91 Å². The average Bonchev–Trinajstić information content (AvgIpc) is 2.99. The van der Waals surface area contributed by atoms with Gasteiger partial charge in [0.25, 0.3) is 0 Å². The molecule has 4 heteroatoms. The number of benzene rings is 1. The fourth-order valence-corrected chi connectivity index (χ4v) is 3.63. The molecule has 114 valence electrons. The Morgan fingerprint density at radius 2 is 2.05 bits per heavy atom. The summed E-state index contributed by atoms with van der Waals surface area (Å²) < 4.78 is 0. The molecule has 21 heavy (non-hydrogen) atoms. The van der Waals surface area contributed by atoms with E-state index in [1.54, 1.807) is 0 Å². The SMILES string of the molecule is O=C(CN1CCc2ccccc2C1CO)NC1CCCC1. The molecule has 0 radical (unpaired) electrons. The zero-order valence-corrected chi connectivity index (χ0v) is 12.4. The van der Waals surface area contributed by atoms with Gasteiger partial charge < -0.3 is 10.4 Å². The van der Waals surface area contributed by atoms with Crippen LogP contribution in [0.4, 0.5) is 0 Å². The molecule has 1 saturated carbocycles. The van der Waals surface area contributed by atoms with E-state index in [1.165, 1.54) is 24.0 Å². The molecule has 1 heterocycles. The number of carbonyl (C=O) groups is 1. The lowest BCUT2D eigenvalue weighted by molar-refractivity contribution is -0.123. The lowest BCUT2D eigenvalue weighted by atomic mass is 9.93. The van der Waals surface area contributed by atoms with E-state index >= 15 is 0 Å². The second kappa shape index (κ2) is 6.58. The Labute approximate surface area is 126 Å². The third-order valence-corrected chi connectivity index (χ3v) is 4.76. The molecule has 1 fully saturated rings. The van der Waals surface area contributed by atoms with Crippen molar-refractivity contribution in [1.82, 2.24) is 10.2 Å². The zero-order valence-electron chi connectivity index (χ0n) is 12.4. The fraction of sp³-hybridized carbons (Fsp3) is 0.588. The predicted octanol–water partition coefficient (Wildman–Crippen LogP) is 1.64. The summed E-state index contributed by atoms with van der Waals surface area (Å²) in [5.74, 6) is 0.0970. The van der Waals surface area contributed by atoms with Gasteiger partial charge in [-0.2, -0.15) is 0 Å². The molecule has 1 aliphatic carbocycles. The van der Waals surface area contributed by atoms with Crippen LogP contribution < -0.4 is 5.32 Å². The molecular formula is C17H24N2O2. The second-order valence-corrected chi connectivity index (χ2v) is 6.17. The molecule has 0 spiro atoms. The molecule has 1 unspecified atom stereocenters. The van der Waals surface area contributed by atoms with Crippen LogP contribution in [0.15, 0.2) is 24.3 Å². The summed E-state index contributed by atoms with van der Waals surface area (Å²) in [6.07, 6.45) is 5.61. The first-order chi connectivity index (χ1) is 10.3. The van der Waals surface area contributed by atoms with Crippen molar-refractivity contribution in [2.24, 2.45) is 0 Å². The van der Waals surface area contributed by atoms with Crippen molar-refractivity contribution in [3.8, 4) is 0 Å². The van der Waals surface area contributed by atoms with Crippen LogP contribution in [0.3, 0.4) is 0 Å². The van der Waals surface area contributed by atoms with Crippen LogP contribution in [0.1, 0.15) is 42.9 Å². The highest BCUT2D eigenvalue weighted by molar-refractivity contribution is 5.78. The van der Waals surface area contributed by atoms with Crippen molar-refractivity contribution in [1.29, 1.82) is 0 Å². The Kier molecular flexibility index (Phi) is 4.56. The third-order valence-electron chi connectivity index (χ3n) is 4.76. The molecule has 1 aromatic rings. The first kappa shape index (κ1) is 14.5. The minimum atomic E-state index is -0.0516. The summed E-state index contributed by atoms with van der Waals surface area (Å²) in [6, 6.07) is 8.54. The third kappa shape index (κ3) is 3.27. The molecule has 4 nitrogen and oxygen atoms in total. The Hall–Kier alpha value is -1.39. The number of nitrogens with one attached hydrogen (secondary N) is 1. The highest BCUT2D eigenvalue weighted by atomic mass is 16.3. The molecule has 1 aromatic carbocycles. The summed E-state index contributed by atoms with van der Waals surface area (Å²) in [5.41, 5.74) is 2.46. The maximum atomic E-state index is 12.2. The Bertz CT molecular complexity index is 497. The maximum absolute atomic E-state index is 12.2. The Morgan fingerprint density at radius 1 is 1.29 bits per heavy atom. The van der Waals surface area contributed by atoms with Crippen LogP contribution in [0.5, 0.6) is 0 Å². The van der Waals surface area contributed by atoms with Crippen molar-refractivity contribution in [3.05, 3.63) is 35.4 Å². The quantitative estimate of drug-likeness (QED) is 0.885. The van der Waals surface area contributed by atoms with E-state index < -0.39 is 0 Å². The van der Waals surface area contributed by atoms with Gasteiger partial charge >= 0.3 is 0 Å². The average molecular weight is 288 g/mol. The standard InChI is InChI=1S/C17H24N2O2/c20-12-16-15-8-4-1-5-13(15)9-10-19(16)11-17(21)18-14-6-2-3-7-14/h1,4-5,8,14,16,20H,2-3,6-7,9-12H2,(H,18,21). The maximum Gasteiger partial charge on any atom is 0.234 e. The molecule has 3 rings (SSSR count). The smallest absolute Gasteiger partial charge is 0.234 e. The number of aliphatic hydroxyl groups excluding tert-OH is 1. The number of carbonyl (C=O) groups excluding carboxylic acids is 1. The van der Waals surface area contributed by atoms with Gasteiger partial charge in [0.15, 0.2) is 0 Å². The van der Waals surface area contributed by atoms with Gasteiger partial charge in [-0.25, -0.2) is 0 Å². The summed E-state index contributed by atoms with van der Waals surface area (Å²) in [5, 5.41) is 12.9. The highest BCUT2D eigenvalue weighted by Gasteiger charge is 2.28. The van der Waals surface area contributed by atoms with Gasteiger partial charge in [-0.3, -0.25) is 9.69 Å². The molecule has 1 aliphatic heterocycles. The van der Waals surface area contributed by atoms with E-state index in [2.05, 4.69) is 22.3 Å². The van der Waals surface area contributed by atoms with Crippen molar-refractivity contribution in [2.45, 2.75) is 44.2 Å². The number of hydrogen-bond donors (Lipinski definition) is 2. The number of rotatable bonds is 4. The van der Waals surface area contributed by atoms with E-state index in [0.29, 0.717) is 12.6 Å². The van der Waals surface area contributed by atoms with E-state index in [4.69, 9.17) is 0 Å². The van der Waals surface area contributed by atoms with Gasteiger partial charge in [0.1, 0.15) is 0 Å². The molecule has 2 N–H and O–H groups in total. The molecule has 0 bridgehead atoms. The van der Waals surface area contributed by atoms with E-state index in [9.17, 15) is 9.90 Å². The monoisotopic (exact) mass is 288 g/mol. The molecule has 0 saturated heterocycles. The minimum absolute atomic E-state index is 0.0516. The van der Waals surface area contributed by atoms with Crippen LogP contribution in [0.2, 0.25) is 0 Å². The molecule has 0 aromatic heterocycles. The highest BCUT2D eigenvalue weighted by Crippen LogP contribution is 2.29. The van der Waals surface area contributed by atoms with Crippen LogP contribution in [-0.4, -0.2) is 41.7 Å². The number of fused-ring (bicyclic) bond motifs is 1. The van der Waals surface area contributed by atoms with E-state index in [-0.39, 0.29) is 18.6 Å². The normalized spacial score (nSPS) is 23.0. The molecule has 1 atom stereocenters. The summed E-state index contributed by atoms with van der Waals surface area (Å²) in [4.78, 5) is 14.3. The van der Waals surface area contributed by atoms with Crippen molar-refractivity contribution in [2.75, 3.05) is 19.7 Å². The molecule has 2 aliphatic rings. The summed E-state index contributed by atoms with van der Waals surface area (Å²) >= 11 is 0. The van der Waals surface area contributed by atoms with Crippen LogP contribution in [0, 0.1) is 0 Å². The van der Waals surface area contributed by atoms with Crippen LogP contribution >= 0.6 is 0 Å². The largest absolute Gasteiger partial charge is 0.394 e. The number of amides is 1. The van der Waals surface area contributed by atoms with Gasteiger partial charge in [0, 0.05) is 12.6 Å². The van der Waals surface area contributed by atoms with Gasteiger partial charge in [-0.15, -0.1) is 0 Å². The first-order valence-electron chi connectivity index (χ1n) is 8.00. The van der Waals surface area contributed by atoms with Crippen molar-refractivity contribution in [3.63, 3.8) is 0 Å². The lowest BCUT2D eigenvalue weighted by Crippen LogP contribution is -2.45. The minimum Gasteiger partial charge on any atom is -0.394 e. The fourth-order valence-electron chi connectivity index (χ4n) is 3.63. The van der Waals surface area contributed by atoms with Crippen LogP contribution in [-0.2, 0) is 11.2 Å². The first-order valence-corrected chi connectivity index (χ1v) is 8.00. The molecular weight excluding hydrogens is 264 g/mol.